The quantitative estimate of drug-likeness (QED) is 0.222. The van der Waals surface area contributed by atoms with Crippen LogP contribution in [0, 0.1) is 0 Å². The van der Waals surface area contributed by atoms with Gasteiger partial charge in [0.15, 0.2) is 0 Å². The first kappa shape index (κ1) is 21.8. The maximum absolute atomic E-state index is 11.2. The number of carbonyl (C=O) groups is 2. The Bertz CT molecular complexity index is 450. The number of carbonyl (C=O) groups excluding carboxylic acids is 4. The molecule has 6 heteroatoms. The third kappa shape index (κ3) is 9.78. The summed E-state index contributed by atoms with van der Waals surface area (Å²) in [4.78, 5) is 43.5. The summed E-state index contributed by atoms with van der Waals surface area (Å²) in [6.07, 6.45) is 8.47. The number of rotatable bonds is 13. The van der Waals surface area contributed by atoms with E-state index in [0.29, 0.717) is 12.8 Å². The Kier molecular flexibility index (Phi) is 13.1. The summed E-state index contributed by atoms with van der Waals surface area (Å²) in [6, 6.07) is 0. The fourth-order valence-electron chi connectivity index (χ4n) is 2.30. The van der Waals surface area contributed by atoms with Gasteiger partial charge < -0.3 is 9.47 Å². The topological polar surface area (TPSA) is 86.7 Å². The maximum atomic E-state index is 11.2. The highest BCUT2D eigenvalue weighted by Gasteiger charge is 2.10. The lowest BCUT2D eigenvalue weighted by molar-refractivity contribution is -0.137. The molecule has 0 bridgehead atoms. The van der Waals surface area contributed by atoms with Gasteiger partial charge >= 0.3 is 11.9 Å². The molecule has 0 aliphatic rings. The van der Waals surface area contributed by atoms with Gasteiger partial charge in [-0.05, 0) is 25.7 Å². The molecule has 0 heterocycles. The summed E-state index contributed by atoms with van der Waals surface area (Å²) >= 11 is 0. The van der Waals surface area contributed by atoms with Crippen molar-refractivity contribution >= 4 is 23.8 Å². The van der Waals surface area contributed by atoms with Crippen LogP contribution >= 0.6 is 0 Å². The molecule has 0 spiro atoms. The van der Waals surface area contributed by atoms with Crippen LogP contribution in [0.4, 0.5) is 0 Å². The third-order valence-electron chi connectivity index (χ3n) is 3.71. The Balaban J connectivity index is 3.59. The largest absolute Gasteiger partial charge is 0.465 e. The molecule has 0 saturated carbocycles. The minimum absolute atomic E-state index is 0.0714. The lowest BCUT2D eigenvalue weighted by Gasteiger charge is -2.03. The first-order valence-corrected chi connectivity index (χ1v) is 8.25. The molecule has 0 aromatic heterocycles. The summed E-state index contributed by atoms with van der Waals surface area (Å²) < 4.78 is 8.98. The van der Waals surface area contributed by atoms with Crippen LogP contribution in [0.3, 0.4) is 0 Å². The molecule has 0 radical (unpaired) electrons. The number of unbranched alkanes of at least 4 members (excludes halogenated alkanes) is 7. The van der Waals surface area contributed by atoms with E-state index in [1.165, 1.54) is 14.2 Å². The monoisotopic (exact) mass is 338 g/mol. The van der Waals surface area contributed by atoms with E-state index >= 15 is 0 Å². The highest BCUT2D eigenvalue weighted by molar-refractivity contribution is 5.97. The van der Waals surface area contributed by atoms with Crippen LogP contribution < -0.4 is 0 Å². The summed E-state index contributed by atoms with van der Waals surface area (Å²) in [5.41, 5.74) is 0.143. The van der Waals surface area contributed by atoms with Crippen LogP contribution in [0.2, 0.25) is 0 Å². The highest BCUT2D eigenvalue weighted by atomic mass is 16.5. The minimum atomic E-state index is -0.597. The smallest absolute Gasteiger partial charge is 0.344 e. The molecule has 0 unspecified atom stereocenters. The Morgan fingerprint density at radius 3 is 1.17 bits per heavy atom. The van der Waals surface area contributed by atoms with E-state index in [-0.39, 0.29) is 11.1 Å². The molecule has 0 aliphatic carbocycles. The van der Waals surface area contributed by atoms with Crippen LogP contribution in [0.25, 0.3) is 0 Å². The average molecular weight is 338 g/mol. The van der Waals surface area contributed by atoms with Crippen molar-refractivity contribution in [1.29, 1.82) is 0 Å². The molecule has 0 aromatic carbocycles. The second kappa shape index (κ2) is 14.4. The predicted molar refractivity (Wildman–Crippen MR) is 88.6 cm³/mol. The Labute approximate surface area is 142 Å². The van der Waals surface area contributed by atoms with Crippen molar-refractivity contribution in [3.05, 3.63) is 11.1 Å². The molecule has 0 atom stereocenters. The number of hydrogen-bond donors (Lipinski definition) is 0. The van der Waals surface area contributed by atoms with Crippen molar-refractivity contribution < 1.29 is 28.7 Å². The summed E-state index contributed by atoms with van der Waals surface area (Å²) in [7, 11) is 2.50. The Morgan fingerprint density at radius 1 is 0.625 bits per heavy atom. The van der Waals surface area contributed by atoms with Gasteiger partial charge in [0.1, 0.15) is 23.0 Å². The zero-order chi connectivity index (χ0) is 18.2. The van der Waals surface area contributed by atoms with Crippen molar-refractivity contribution in [3.8, 4) is 0 Å². The number of methoxy groups -OCH3 is 2. The fraction of sp³-hybridized carbons (Fsp3) is 0.667. The summed E-state index contributed by atoms with van der Waals surface area (Å²) in [5.74, 6) is 2.07. The lowest BCUT2D eigenvalue weighted by Crippen LogP contribution is -2.05. The van der Waals surface area contributed by atoms with Gasteiger partial charge in [0.2, 0.25) is 0 Å². The maximum Gasteiger partial charge on any atom is 0.344 e. The van der Waals surface area contributed by atoms with E-state index in [2.05, 4.69) is 9.47 Å². The van der Waals surface area contributed by atoms with Gasteiger partial charge in [0.25, 0.3) is 0 Å². The lowest BCUT2D eigenvalue weighted by atomic mass is 10.0. The first-order chi connectivity index (χ1) is 11.6. The summed E-state index contributed by atoms with van der Waals surface area (Å²) in [5, 5.41) is 0. The average Bonchev–Trinajstić information content (AvgIpc) is 2.61. The second-order valence-corrected chi connectivity index (χ2v) is 5.47. The zero-order valence-electron chi connectivity index (χ0n) is 14.5. The van der Waals surface area contributed by atoms with Crippen molar-refractivity contribution in [2.75, 3.05) is 14.2 Å². The van der Waals surface area contributed by atoms with Crippen molar-refractivity contribution in [3.63, 3.8) is 0 Å². The van der Waals surface area contributed by atoms with Crippen molar-refractivity contribution in [2.45, 2.75) is 64.2 Å². The van der Waals surface area contributed by atoms with Crippen LogP contribution in [-0.4, -0.2) is 38.0 Å². The van der Waals surface area contributed by atoms with Gasteiger partial charge in [-0.15, -0.1) is 0 Å². The van der Waals surface area contributed by atoms with E-state index < -0.39 is 11.9 Å². The van der Waals surface area contributed by atoms with Gasteiger partial charge in [-0.2, -0.15) is 0 Å². The molecule has 24 heavy (non-hydrogen) atoms. The van der Waals surface area contributed by atoms with Crippen LogP contribution in [0.15, 0.2) is 11.1 Å². The van der Waals surface area contributed by atoms with Gasteiger partial charge in [0.05, 0.1) is 14.2 Å². The van der Waals surface area contributed by atoms with Gasteiger partial charge in [-0.1, -0.05) is 38.5 Å². The molecule has 0 aromatic rings. The van der Waals surface area contributed by atoms with E-state index in [9.17, 15) is 19.2 Å². The molecule has 0 aliphatic heterocycles. The van der Waals surface area contributed by atoms with Crippen LogP contribution in [0.5, 0.6) is 0 Å². The van der Waals surface area contributed by atoms with Gasteiger partial charge in [-0.25, -0.2) is 19.2 Å². The fourth-order valence-corrected chi connectivity index (χ4v) is 2.30. The van der Waals surface area contributed by atoms with E-state index in [1.54, 1.807) is 11.9 Å². The number of esters is 2. The van der Waals surface area contributed by atoms with Gasteiger partial charge in [0, 0.05) is 0 Å². The Hall–Kier alpha value is -2.16. The highest BCUT2D eigenvalue weighted by Crippen LogP contribution is 2.14. The van der Waals surface area contributed by atoms with E-state index in [4.69, 9.17) is 0 Å². The normalized spacial score (nSPS) is 9.58. The standard InChI is InChI=1S/C18H26O6/c1-23-17(21)15(13-19)11-9-7-5-3-4-6-8-10-12-16(14-20)18(22)24-2/h3-12H2,1-2H3. The Morgan fingerprint density at radius 2 is 0.917 bits per heavy atom. The van der Waals surface area contributed by atoms with Crippen LogP contribution in [-0.2, 0) is 28.7 Å². The minimum Gasteiger partial charge on any atom is -0.465 e. The number of ether oxygens (including phenoxy) is 2. The zero-order valence-corrected chi connectivity index (χ0v) is 14.5. The molecule has 0 saturated heterocycles. The molecular formula is C18H26O6. The predicted octanol–water partition coefficient (Wildman–Crippen LogP) is 2.75. The molecule has 0 amide bonds. The molecule has 0 N–H and O–H groups in total. The van der Waals surface area contributed by atoms with Crippen molar-refractivity contribution in [1.82, 2.24) is 0 Å². The molecule has 0 rings (SSSR count). The van der Waals surface area contributed by atoms with E-state index in [1.807, 2.05) is 0 Å². The molecule has 0 fully saturated rings. The molecule has 134 valence electrons. The second-order valence-electron chi connectivity index (χ2n) is 5.47. The third-order valence-corrected chi connectivity index (χ3v) is 3.71. The van der Waals surface area contributed by atoms with Crippen molar-refractivity contribution in [2.24, 2.45) is 0 Å². The van der Waals surface area contributed by atoms with Crippen LogP contribution in [0.1, 0.15) is 64.2 Å². The van der Waals surface area contributed by atoms with Gasteiger partial charge in [-0.3, -0.25) is 0 Å². The first-order valence-electron chi connectivity index (χ1n) is 8.25. The molecular weight excluding hydrogens is 312 g/mol. The SMILES string of the molecule is COC(=O)C(=C=O)CCCCCCCCCCC(=C=O)C(=O)OC. The summed E-state index contributed by atoms with van der Waals surface area (Å²) in [6.45, 7) is 0. The molecule has 6 nitrogen and oxygen atoms in total. The number of hydrogen-bond acceptors (Lipinski definition) is 6. The van der Waals surface area contributed by atoms with E-state index in [0.717, 1.165) is 51.4 Å².